The Hall–Kier alpha value is -2.02. The molecule has 2 aromatic carbocycles. The number of hydrogen-bond donors (Lipinski definition) is 1. The second-order valence-corrected chi connectivity index (χ2v) is 6.32. The first-order valence-corrected chi connectivity index (χ1v) is 7.93. The highest BCUT2D eigenvalue weighted by Gasteiger charge is 2.31. The molecule has 0 bridgehead atoms. The summed E-state index contributed by atoms with van der Waals surface area (Å²) in [4.78, 5) is 1.69. The van der Waals surface area contributed by atoms with Crippen LogP contribution in [0.25, 0.3) is 0 Å². The molecule has 0 saturated carbocycles. The third-order valence-electron chi connectivity index (χ3n) is 4.27. The highest BCUT2D eigenvalue weighted by Crippen LogP contribution is 2.36. The maximum atomic E-state index is 14.2. The molecule has 8 heteroatoms. The molecule has 0 saturated heterocycles. The minimum Gasteiger partial charge on any atom is -0.394 e. The lowest BCUT2D eigenvalue weighted by molar-refractivity contribution is -0.137. The lowest BCUT2D eigenvalue weighted by Gasteiger charge is -2.32. The zero-order valence-corrected chi connectivity index (χ0v) is 13.7. The van der Waals surface area contributed by atoms with E-state index in [1.54, 1.807) is 4.90 Å². The van der Waals surface area contributed by atoms with E-state index in [-0.39, 0.29) is 11.6 Å². The fourth-order valence-corrected chi connectivity index (χ4v) is 3.21. The van der Waals surface area contributed by atoms with Gasteiger partial charge < -0.3 is 10.6 Å². The average Bonchev–Trinajstić information content (AvgIpc) is 2.54. The highest BCUT2D eigenvalue weighted by atomic mass is 35.5. The predicted molar refractivity (Wildman–Crippen MR) is 86.6 cm³/mol. The van der Waals surface area contributed by atoms with Crippen LogP contribution in [0.15, 0.2) is 24.3 Å². The topological polar surface area (TPSA) is 29.3 Å². The Balaban J connectivity index is 1.94. The van der Waals surface area contributed by atoms with Gasteiger partial charge in [-0.1, -0.05) is 17.7 Å². The van der Waals surface area contributed by atoms with Gasteiger partial charge >= 0.3 is 6.18 Å². The van der Waals surface area contributed by atoms with Crippen molar-refractivity contribution < 1.29 is 22.0 Å². The molecule has 0 spiro atoms. The molecule has 2 N–H and O–H groups in total. The molecule has 0 atom stereocenters. The lowest BCUT2D eigenvalue weighted by atomic mass is 9.99. The zero-order chi connectivity index (χ0) is 18.4. The van der Waals surface area contributed by atoms with Gasteiger partial charge in [-0.2, -0.15) is 13.2 Å². The second-order valence-electron chi connectivity index (χ2n) is 5.91. The normalized spacial score (nSPS) is 14.6. The van der Waals surface area contributed by atoms with Crippen LogP contribution in [0.3, 0.4) is 0 Å². The molecule has 1 aliphatic rings. The van der Waals surface area contributed by atoms with Crippen LogP contribution in [0.1, 0.15) is 23.1 Å². The molecule has 0 aliphatic carbocycles. The summed E-state index contributed by atoms with van der Waals surface area (Å²) in [6.07, 6.45) is -3.44. The van der Waals surface area contributed by atoms with Crippen molar-refractivity contribution in [2.75, 3.05) is 17.2 Å². The van der Waals surface area contributed by atoms with Crippen LogP contribution in [0.4, 0.5) is 33.3 Å². The summed E-state index contributed by atoms with van der Waals surface area (Å²) in [5.41, 5.74) is 5.14. The van der Waals surface area contributed by atoms with Crippen molar-refractivity contribution in [2.45, 2.75) is 25.6 Å². The zero-order valence-electron chi connectivity index (χ0n) is 12.9. The Morgan fingerprint density at radius 1 is 1.16 bits per heavy atom. The molecule has 3 rings (SSSR count). The van der Waals surface area contributed by atoms with E-state index in [1.165, 1.54) is 6.07 Å². The maximum absolute atomic E-state index is 14.2. The number of nitrogen functional groups attached to an aromatic ring is 1. The highest BCUT2D eigenvalue weighted by molar-refractivity contribution is 6.31. The predicted octanol–water partition coefficient (Wildman–Crippen LogP) is 5.17. The van der Waals surface area contributed by atoms with E-state index in [9.17, 15) is 22.0 Å². The van der Waals surface area contributed by atoms with Gasteiger partial charge in [0, 0.05) is 29.4 Å². The van der Waals surface area contributed by atoms with E-state index in [0.717, 1.165) is 18.2 Å². The van der Waals surface area contributed by atoms with Crippen molar-refractivity contribution in [3.05, 3.63) is 57.6 Å². The molecule has 1 heterocycles. The summed E-state index contributed by atoms with van der Waals surface area (Å²) < 4.78 is 66.1. The van der Waals surface area contributed by atoms with Crippen LogP contribution in [-0.2, 0) is 19.1 Å². The molecular weight excluding hydrogens is 363 g/mol. The summed E-state index contributed by atoms with van der Waals surface area (Å²) >= 11 is 5.97. The molecule has 134 valence electrons. The summed E-state index contributed by atoms with van der Waals surface area (Å²) in [7, 11) is 0. The Morgan fingerprint density at radius 2 is 1.88 bits per heavy atom. The average molecular weight is 377 g/mol. The van der Waals surface area contributed by atoms with E-state index < -0.39 is 29.1 Å². The maximum Gasteiger partial charge on any atom is 0.416 e. The Labute approximate surface area is 146 Å². The van der Waals surface area contributed by atoms with E-state index in [1.807, 2.05) is 0 Å². The minimum absolute atomic E-state index is 0.0432. The first-order valence-electron chi connectivity index (χ1n) is 7.55. The smallest absolute Gasteiger partial charge is 0.394 e. The number of nitrogens with zero attached hydrogens (tertiary/aromatic N) is 1. The molecule has 0 radical (unpaired) electrons. The van der Waals surface area contributed by atoms with E-state index >= 15 is 0 Å². The number of rotatable bonds is 2. The van der Waals surface area contributed by atoms with Crippen LogP contribution < -0.4 is 10.6 Å². The minimum atomic E-state index is -4.48. The molecule has 2 aromatic rings. The molecule has 0 amide bonds. The second kappa shape index (κ2) is 6.37. The molecule has 0 fully saturated rings. The van der Waals surface area contributed by atoms with Crippen molar-refractivity contribution in [1.29, 1.82) is 0 Å². The van der Waals surface area contributed by atoms with Crippen LogP contribution in [0.2, 0.25) is 5.02 Å². The van der Waals surface area contributed by atoms with Crippen molar-refractivity contribution in [1.82, 2.24) is 0 Å². The fourth-order valence-electron chi connectivity index (χ4n) is 2.97. The van der Waals surface area contributed by atoms with Gasteiger partial charge in [0.05, 0.1) is 5.56 Å². The summed E-state index contributed by atoms with van der Waals surface area (Å²) in [6, 6.07) is 4.23. The van der Waals surface area contributed by atoms with Gasteiger partial charge in [-0.3, -0.25) is 0 Å². The first-order chi connectivity index (χ1) is 11.7. The van der Waals surface area contributed by atoms with Crippen LogP contribution in [-0.4, -0.2) is 6.54 Å². The van der Waals surface area contributed by atoms with Crippen molar-refractivity contribution in [2.24, 2.45) is 0 Å². The Bertz CT molecular complexity index is 820. The number of benzene rings is 2. The number of alkyl halides is 3. The van der Waals surface area contributed by atoms with Crippen molar-refractivity contribution in [3.8, 4) is 0 Å². The number of halogens is 6. The standard InChI is InChI=1S/C17H14ClF5N2/c18-12-6-10(17(21,22)23)4-3-9(12)8-25-5-1-2-11-14(25)7-13(19)16(24)15(11)20/h3-4,6-7H,1-2,5,8,24H2. The van der Waals surface area contributed by atoms with Crippen LogP contribution in [0.5, 0.6) is 0 Å². The lowest BCUT2D eigenvalue weighted by Crippen LogP contribution is -2.30. The van der Waals surface area contributed by atoms with Crippen LogP contribution in [0, 0.1) is 11.6 Å². The quantitative estimate of drug-likeness (QED) is 0.578. The molecule has 0 unspecified atom stereocenters. The van der Waals surface area contributed by atoms with Gasteiger partial charge in [-0.05, 0) is 36.6 Å². The summed E-state index contributed by atoms with van der Waals surface area (Å²) in [6.45, 7) is 0.653. The van der Waals surface area contributed by atoms with E-state index in [0.29, 0.717) is 36.2 Å². The van der Waals surface area contributed by atoms with Gasteiger partial charge in [-0.15, -0.1) is 0 Å². The fraction of sp³-hybridized carbons (Fsp3) is 0.294. The van der Waals surface area contributed by atoms with Gasteiger partial charge in [0.2, 0.25) is 0 Å². The number of anilines is 2. The van der Waals surface area contributed by atoms with E-state index in [2.05, 4.69) is 0 Å². The van der Waals surface area contributed by atoms with E-state index in [4.69, 9.17) is 17.3 Å². The summed E-state index contributed by atoms with van der Waals surface area (Å²) in [5, 5.41) is -0.0432. The van der Waals surface area contributed by atoms with Gasteiger partial charge in [0.25, 0.3) is 0 Å². The molecule has 0 aromatic heterocycles. The van der Waals surface area contributed by atoms with Gasteiger partial charge in [0.1, 0.15) is 5.69 Å². The third kappa shape index (κ3) is 3.38. The number of nitrogens with two attached hydrogens (primary N) is 1. The van der Waals surface area contributed by atoms with Crippen molar-refractivity contribution >= 4 is 23.0 Å². The molecule has 25 heavy (non-hydrogen) atoms. The largest absolute Gasteiger partial charge is 0.416 e. The number of fused-ring (bicyclic) bond motifs is 1. The van der Waals surface area contributed by atoms with Gasteiger partial charge in [0.15, 0.2) is 11.6 Å². The summed E-state index contributed by atoms with van der Waals surface area (Å²) in [5.74, 6) is -1.64. The number of hydrogen-bond acceptors (Lipinski definition) is 2. The first kappa shape index (κ1) is 17.8. The SMILES string of the molecule is Nc1c(F)cc2c(c1F)CCCN2Cc1ccc(C(F)(F)F)cc1Cl. The molecule has 1 aliphatic heterocycles. The monoisotopic (exact) mass is 376 g/mol. The molecule has 2 nitrogen and oxygen atoms in total. The van der Waals surface area contributed by atoms with Crippen LogP contribution >= 0.6 is 11.6 Å². The van der Waals surface area contributed by atoms with Gasteiger partial charge in [-0.25, -0.2) is 8.78 Å². The molecular formula is C17H14ClF5N2. The van der Waals surface area contributed by atoms with Crippen molar-refractivity contribution in [3.63, 3.8) is 0 Å². The third-order valence-corrected chi connectivity index (χ3v) is 4.62. The Kier molecular flexibility index (Phi) is 4.53. The Morgan fingerprint density at radius 3 is 2.52 bits per heavy atom.